The minimum Gasteiger partial charge on any atom is -0.558 e. The predicted molar refractivity (Wildman–Crippen MR) is 98.4 cm³/mol. The van der Waals surface area contributed by atoms with Gasteiger partial charge in [-0.05, 0) is 39.1 Å². The van der Waals surface area contributed by atoms with Crippen LogP contribution in [-0.2, 0) is 16.4 Å². The van der Waals surface area contributed by atoms with Crippen LogP contribution in [-0.4, -0.2) is 22.3 Å². The summed E-state index contributed by atoms with van der Waals surface area (Å²) in [5.74, 6) is 0. The summed E-state index contributed by atoms with van der Waals surface area (Å²) < 4.78 is 15.4. The molecule has 0 N–H and O–H groups in total. The fraction of sp³-hybridized carbons (Fsp3) is 0.579. The summed E-state index contributed by atoms with van der Waals surface area (Å²) in [6, 6.07) is 8.78. The number of benzene rings is 1. The van der Waals surface area contributed by atoms with E-state index in [1.54, 1.807) is 0 Å². The highest BCUT2D eigenvalue weighted by Gasteiger charge is 2.51. The molecule has 0 spiro atoms. The molecule has 1 fully saturated rings. The highest BCUT2D eigenvalue weighted by molar-refractivity contribution is 6.81. The van der Waals surface area contributed by atoms with Gasteiger partial charge >= 0.3 is 0 Å². The zero-order chi connectivity index (χ0) is 16.9. The second kappa shape index (κ2) is 5.39. The second-order valence-corrected chi connectivity index (χ2v) is 8.01. The zero-order valence-corrected chi connectivity index (χ0v) is 15.3. The van der Waals surface area contributed by atoms with E-state index >= 15 is 0 Å². The van der Waals surface area contributed by atoms with Crippen molar-refractivity contribution >= 4 is 22.9 Å². The van der Waals surface area contributed by atoms with Crippen LogP contribution >= 0.6 is 0 Å². The summed E-state index contributed by atoms with van der Waals surface area (Å²) in [5, 5.41) is 1.26. The fourth-order valence-electron chi connectivity index (χ4n) is 3.71. The van der Waals surface area contributed by atoms with E-state index in [9.17, 15) is 0 Å². The Kier molecular flexibility index (Phi) is 3.89. The molecule has 2 aromatic rings. The Hall–Kier alpha value is -1.26. The molecule has 126 valence electrons. The lowest BCUT2D eigenvalue weighted by Crippen LogP contribution is -2.51. The summed E-state index contributed by atoms with van der Waals surface area (Å²) >= 11 is 0. The van der Waals surface area contributed by atoms with Gasteiger partial charge in [0.2, 0.25) is 0 Å². The van der Waals surface area contributed by atoms with Gasteiger partial charge in [0.05, 0.1) is 0 Å². The number of unbranched alkanes of at least 4 members (excludes halogenated alkanes) is 1. The minimum absolute atomic E-state index is 0.302. The quantitative estimate of drug-likeness (QED) is 0.788. The Morgan fingerprint density at radius 3 is 2.30 bits per heavy atom. The van der Waals surface area contributed by atoms with Gasteiger partial charge in [0.1, 0.15) is 0 Å². The molecule has 3 rings (SSSR count). The molecule has 0 amide bonds. The lowest BCUT2D eigenvalue weighted by atomic mass is 9.48. The van der Waals surface area contributed by atoms with Gasteiger partial charge in [-0.2, -0.15) is 5.46 Å². The van der Waals surface area contributed by atoms with Crippen LogP contribution in [0.3, 0.4) is 0 Å². The molecule has 1 aromatic carbocycles. The average molecular weight is 314 g/mol. The Labute approximate surface area is 139 Å². The van der Waals surface area contributed by atoms with E-state index in [2.05, 4.69) is 76.7 Å². The molecule has 0 unspecified atom stereocenters. The Bertz CT molecular complexity index is 701. The fourth-order valence-corrected chi connectivity index (χ4v) is 3.71. The lowest BCUT2D eigenvalue weighted by Gasteiger charge is -2.38. The van der Waals surface area contributed by atoms with Gasteiger partial charge in [0.15, 0.2) is 0 Å². The van der Waals surface area contributed by atoms with Gasteiger partial charge in [0.25, 0.3) is 6.55 Å². The lowest BCUT2D eigenvalue weighted by molar-refractivity contribution is 0.00578. The first-order chi connectivity index (χ1) is 10.7. The van der Waals surface area contributed by atoms with E-state index in [4.69, 9.17) is 9.31 Å². The van der Waals surface area contributed by atoms with Gasteiger partial charge in [-0.1, -0.05) is 38.0 Å². The van der Waals surface area contributed by atoms with Crippen LogP contribution in [0, 0.1) is 0 Å². The average Bonchev–Trinajstić information content (AvgIpc) is 2.93. The predicted octanol–water partition coefficient (Wildman–Crippen LogP) is 4.23. The minimum atomic E-state index is -1.45. The molecule has 3 nitrogen and oxygen atoms in total. The van der Waals surface area contributed by atoms with E-state index in [0.717, 1.165) is 19.2 Å². The molecule has 2 heterocycles. The van der Waals surface area contributed by atoms with E-state index in [-0.39, 0.29) is 11.2 Å². The molecular weight excluding hydrogens is 285 g/mol. The van der Waals surface area contributed by atoms with Crippen LogP contribution in [0.4, 0.5) is 0 Å². The van der Waals surface area contributed by atoms with Crippen LogP contribution < -0.4 is 5.46 Å². The first-order valence-corrected chi connectivity index (χ1v) is 8.82. The van der Waals surface area contributed by atoms with E-state index < -0.39 is 6.55 Å². The maximum Gasteiger partial charge on any atom is 0.270 e. The van der Waals surface area contributed by atoms with Crippen LogP contribution in [0.1, 0.15) is 47.5 Å². The van der Waals surface area contributed by atoms with Crippen molar-refractivity contribution < 1.29 is 9.31 Å². The number of aryl methyl sites for hydroxylation is 1. The number of fused-ring (bicyclic) bond motifs is 1. The zero-order valence-electron chi connectivity index (χ0n) is 15.3. The van der Waals surface area contributed by atoms with E-state index in [0.29, 0.717) is 0 Å². The van der Waals surface area contributed by atoms with Crippen molar-refractivity contribution in [3.8, 4) is 0 Å². The number of hydrogen-bond donors (Lipinski definition) is 0. The second-order valence-electron chi connectivity index (χ2n) is 8.01. The molecule has 0 bridgehead atoms. The number of nitrogens with zero attached hydrogens (tertiary/aromatic N) is 1. The Balaban J connectivity index is 2.10. The van der Waals surface area contributed by atoms with Crippen LogP contribution in [0.2, 0.25) is 6.32 Å². The molecule has 1 aliphatic heterocycles. The summed E-state index contributed by atoms with van der Waals surface area (Å²) in [4.78, 5) is 0. The van der Waals surface area contributed by atoms with Gasteiger partial charge in [-0.3, -0.25) is 0 Å². The highest BCUT2D eigenvalue weighted by Crippen LogP contribution is 2.43. The van der Waals surface area contributed by atoms with E-state index in [1.807, 2.05) is 0 Å². The molecule has 1 aromatic heterocycles. The first-order valence-electron chi connectivity index (χ1n) is 8.82. The summed E-state index contributed by atoms with van der Waals surface area (Å²) in [5.41, 5.74) is 1.81. The van der Waals surface area contributed by atoms with Crippen molar-refractivity contribution in [2.75, 3.05) is 0 Å². The molecule has 0 atom stereocenters. The number of rotatable bonds is 4. The molecule has 0 radical (unpaired) electrons. The first kappa shape index (κ1) is 16.6. The summed E-state index contributed by atoms with van der Waals surface area (Å²) in [6.45, 7) is 9.34. The summed E-state index contributed by atoms with van der Waals surface area (Å²) in [6.07, 6.45) is 5.30. The van der Waals surface area contributed by atoms with Crippen molar-refractivity contribution in [1.82, 2.24) is 4.57 Å². The maximum absolute atomic E-state index is 6.64. The largest absolute Gasteiger partial charge is 0.558 e. The van der Waals surface area contributed by atoms with Crippen LogP contribution in [0.5, 0.6) is 0 Å². The Morgan fingerprint density at radius 1 is 1.04 bits per heavy atom. The van der Waals surface area contributed by atoms with Crippen molar-refractivity contribution in [3.05, 3.63) is 30.5 Å². The smallest absolute Gasteiger partial charge is 0.270 e. The molecule has 0 saturated carbocycles. The van der Waals surface area contributed by atoms with Gasteiger partial charge in [0, 0.05) is 30.0 Å². The van der Waals surface area contributed by atoms with E-state index in [1.165, 1.54) is 16.4 Å². The molecular formula is C19H29BNO2-. The van der Waals surface area contributed by atoms with Crippen molar-refractivity contribution in [2.45, 2.75) is 65.0 Å². The standard InChI is InChI=1S/C19H29BNO2/c1-7-8-12-20(22-18(2,3)19(4,5)23-20)16-10-9-15-11-13-21(6)17(15)14-16/h9-11,13-14H,7-8,12H2,1-6H3/q-1. The molecule has 4 heteroatoms. The maximum atomic E-state index is 6.64. The van der Waals surface area contributed by atoms with Gasteiger partial charge < -0.3 is 13.9 Å². The van der Waals surface area contributed by atoms with Crippen molar-refractivity contribution in [1.29, 1.82) is 0 Å². The molecule has 1 aliphatic rings. The third-order valence-electron chi connectivity index (χ3n) is 5.78. The number of hydrogen-bond acceptors (Lipinski definition) is 2. The molecule has 1 saturated heterocycles. The third-order valence-corrected chi connectivity index (χ3v) is 5.78. The normalized spacial score (nSPS) is 21.8. The van der Waals surface area contributed by atoms with Crippen LogP contribution in [0.25, 0.3) is 10.9 Å². The van der Waals surface area contributed by atoms with Gasteiger partial charge in [-0.25, -0.2) is 0 Å². The topological polar surface area (TPSA) is 23.4 Å². The molecule has 23 heavy (non-hydrogen) atoms. The molecule has 0 aliphatic carbocycles. The van der Waals surface area contributed by atoms with Crippen molar-refractivity contribution in [2.24, 2.45) is 7.05 Å². The third kappa shape index (κ3) is 2.62. The SMILES string of the molecule is CCCC[B-]1(c2ccc3ccn(C)c3c2)OC(C)(C)C(C)(C)O1. The summed E-state index contributed by atoms with van der Waals surface area (Å²) in [7, 11) is 2.09. The monoisotopic (exact) mass is 314 g/mol. The Morgan fingerprint density at radius 2 is 1.70 bits per heavy atom. The number of aromatic nitrogens is 1. The van der Waals surface area contributed by atoms with Crippen molar-refractivity contribution in [3.63, 3.8) is 0 Å². The highest BCUT2D eigenvalue weighted by atomic mass is 16.7. The van der Waals surface area contributed by atoms with Gasteiger partial charge in [-0.15, -0.1) is 6.32 Å². The van der Waals surface area contributed by atoms with Crippen LogP contribution in [0.15, 0.2) is 30.5 Å².